The molecule has 2 rings (SSSR count). The quantitative estimate of drug-likeness (QED) is 0.798. The van der Waals surface area contributed by atoms with Crippen LogP contribution in [0.1, 0.15) is 37.4 Å². The fourth-order valence-corrected chi connectivity index (χ4v) is 3.07. The molecule has 120 valence electrons. The van der Waals surface area contributed by atoms with Crippen LogP contribution < -0.4 is 5.73 Å². The molecule has 0 bridgehead atoms. The fraction of sp³-hybridized carbons (Fsp3) is 0.471. The van der Waals surface area contributed by atoms with Crippen molar-refractivity contribution >= 4 is 28.5 Å². The van der Waals surface area contributed by atoms with Crippen molar-refractivity contribution in [3.63, 3.8) is 0 Å². The van der Waals surface area contributed by atoms with Gasteiger partial charge in [0, 0.05) is 21.6 Å². The van der Waals surface area contributed by atoms with Crippen LogP contribution in [0.2, 0.25) is 5.02 Å². The predicted molar refractivity (Wildman–Crippen MR) is 90.3 cm³/mol. The monoisotopic (exact) mass is 322 g/mol. The molecule has 22 heavy (non-hydrogen) atoms. The molecule has 1 aromatic heterocycles. The number of aromatic amines is 1. The van der Waals surface area contributed by atoms with Crippen LogP contribution >= 0.6 is 11.6 Å². The van der Waals surface area contributed by atoms with E-state index in [1.54, 1.807) is 0 Å². The van der Waals surface area contributed by atoms with Gasteiger partial charge >= 0.3 is 5.97 Å². The summed E-state index contributed by atoms with van der Waals surface area (Å²) in [6, 6.07) is 5.70. The molecule has 0 saturated carbocycles. The number of hydrogen-bond acceptors (Lipinski definition) is 3. The number of benzene rings is 1. The van der Waals surface area contributed by atoms with Crippen LogP contribution in [-0.4, -0.2) is 24.6 Å². The molecule has 0 fully saturated rings. The SMILES string of the molecule is COC(=O)[C@H](CC(C)C)c1[nH]c2ccc(Cl)cc2c1CCN. The summed E-state index contributed by atoms with van der Waals surface area (Å²) < 4.78 is 5.00. The van der Waals surface area contributed by atoms with Gasteiger partial charge in [0.15, 0.2) is 0 Å². The van der Waals surface area contributed by atoms with Gasteiger partial charge in [-0.05, 0) is 49.1 Å². The Labute approximate surface area is 136 Å². The molecule has 0 unspecified atom stereocenters. The molecule has 0 aliphatic carbocycles. The van der Waals surface area contributed by atoms with Crippen LogP contribution in [0.25, 0.3) is 10.9 Å². The topological polar surface area (TPSA) is 68.1 Å². The van der Waals surface area contributed by atoms with Crippen molar-refractivity contribution in [1.82, 2.24) is 4.98 Å². The lowest BCUT2D eigenvalue weighted by Crippen LogP contribution is -2.19. The fourth-order valence-electron chi connectivity index (χ4n) is 2.90. The number of methoxy groups -OCH3 is 1. The first-order valence-electron chi connectivity index (χ1n) is 7.55. The molecule has 0 aliphatic heterocycles. The number of aromatic nitrogens is 1. The van der Waals surface area contributed by atoms with Gasteiger partial charge in [-0.3, -0.25) is 4.79 Å². The average Bonchev–Trinajstić information content (AvgIpc) is 2.82. The minimum absolute atomic E-state index is 0.218. The van der Waals surface area contributed by atoms with E-state index in [1.807, 2.05) is 18.2 Å². The number of halogens is 1. The molecule has 0 spiro atoms. The second-order valence-corrected chi connectivity index (χ2v) is 6.39. The molecule has 0 amide bonds. The van der Waals surface area contributed by atoms with Gasteiger partial charge in [-0.15, -0.1) is 0 Å². The van der Waals surface area contributed by atoms with E-state index in [2.05, 4.69) is 18.8 Å². The summed E-state index contributed by atoms with van der Waals surface area (Å²) in [5.74, 6) is -0.146. The summed E-state index contributed by atoms with van der Waals surface area (Å²) in [6.45, 7) is 4.71. The van der Waals surface area contributed by atoms with Gasteiger partial charge in [-0.1, -0.05) is 25.4 Å². The number of H-pyrrole nitrogens is 1. The number of carbonyl (C=O) groups is 1. The third-order valence-corrected chi connectivity index (χ3v) is 4.07. The molecule has 1 aromatic carbocycles. The van der Waals surface area contributed by atoms with Gasteiger partial charge in [0.2, 0.25) is 0 Å². The Morgan fingerprint density at radius 3 is 2.73 bits per heavy atom. The summed E-state index contributed by atoms with van der Waals surface area (Å²) in [7, 11) is 1.43. The van der Waals surface area contributed by atoms with Crippen LogP contribution in [0, 0.1) is 5.92 Å². The maximum Gasteiger partial charge on any atom is 0.314 e. The maximum atomic E-state index is 12.2. The highest BCUT2D eigenvalue weighted by atomic mass is 35.5. The number of hydrogen-bond donors (Lipinski definition) is 2. The van der Waals surface area contributed by atoms with Crippen LogP contribution in [0.5, 0.6) is 0 Å². The van der Waals surface area contributed by atoms with Crippen LogP contribution in [0.4, 0.5) is 0 Å². The van der Waals surface area contributed by atoms with Gasteiger partial charge in [0.1, 0.15) is 0 Å². The Morgan fingerprint density at radius 2 is 2.14 bits per heavy atom. The van der Waals surface area contributed by atoms with E-state index in [4.69, 9.17) is 22.1 Å². The number of fused-ring (bicyclic) bond motifs is 1. The third kappa shape index (κ3) is 3.45. The summed E-state index contributed by atoms with van der Waals surface area (Å²) in [6.07, 6.45) is 1.42. The zero-order valence-electron chi connectivity index (χ0n) is 13.3. The van der Waals surface area contributed by atoms with Crippen LogP contribution in [0.15, 0.2) is 18.2 Å². The predicted octanol–water partition coefficient (Wildman–Crippen LogP) is 3.63. The highest BCUT2D eigenvalue weighted by Crippen LogP contribution is 2.33. The van der Waals surface area contributed by atoms with Gasteiger partial charge in [-0.2, -0.15) is 0 Å². The van der Waals surface area contributed by atoms with Gasteiger partial charge in [0.25, 0.3) is 0 Å². The van der Waals surface area contributed by atoms with E-state index in [9.17, 15) is 4.79 Å². The van der Waals surface area contributed by atoms with Crippen molar-refractivity contribution in [1.29, 1.82) is 0 Å². The second-order valence-electron chi connectivity index (χ2n) is 5.95. The molecular formula is C17H23ClN2O2. The lowest BCUT2D eigenvalue weighted by Gasteiger charge is -2.17. The Morgan fingerprint density at radius 1 is 1.41 bits per heavy atom. The number of ether oxygens (including phenoxy) is 1. The Bertz CT molecular complexity index is 664. The molecule has 5 heteroatoms. The van der Waals surface area contributed by atoms with Crippen molar-refractivity contribution in [3.8, 4) is 0 Å². The number of carbonyl (C=O) groups excluding carboxylic acids is 1. The van der Waals surface area contributed by atoms with E-state index in [1.165, 1.54) is 7.11 Å². The Hall–Kier alpha value is -1.52. The van der Waals surface area contributed by atoms with Gasteiger partial charge in [-0.25, -0.2) is 0 Å². The zero-order chi connectivity index (χ0) is 16.3. The average molecular weight is 323 g/mol. The standard InChI is InChI=1S/C17H23ClN2O2/c1-10(2)8-14(17(21)22-3)16-12(6-7-19)13-9-11(18)4-5-15(13)20-16/h4-5,9-10,14,20H,6-8,19H2,1-3H3/t14-/m1/s1. The molecule has 0 radical (unpaired) electrons. The largest absolute Gasteiger partial charge is 0.469 e. The minimum atomic E-state index is -0.308. The summed E-state index contributed by atoms with van der Waals surface area (Å²) in [5, 5.41) is 1.71. The van der Waals surface area contributed by atoms with E-state index < -0.39 is 0 Å². The highest BCUT2D eigenvalue weighted by molar-refractivity contribution is 6.31. The zero-order valence-corrected chi connectivity index (χ0v) is 14.0. The van der Waals surface area contributed by atoms with Crippen molar-refractivity contribution < 1.29 is 9.53 Å². The number of nitrogens with two attached hydrogens (primary N) is 1. The Balaban J connectivity index is 2.59. The van der Waals surface area contributed by atoms with Crippen molar-refractivity contribution in [2.45, 2.75) is 32.6 Å². The first-order chi connectivity index (χ1) is 10.5. The van der Waals surface area contributed by atoms with E-state index in [0.717, 1.165) is 28.6 Å². The number of esters is 1. The summed E-state index contributed by atoms with van der Waals surface area (Å²) in [5.41, 5.74) is 8.71. The van der Waals surface area contributed by atoms with Crippen molar-refractivity contribution in [2.75, 3.05) is 13.7 Å². The second kappa shape index (κ2) is 7.16. The van der Waals surface area contributed by atoms with Gasteiger partial charge < -0.3 is 15.5 Å². The molecule has 0 saturated heterocycles. The smallest absolute Gasteiger partial charge is 0.314 e. The number of rotatable bonds is 6. The van der Waals surface area contributed by atoms with Gasteiger partial charge in [0.05, 0.1) is 13.0 Å². The Kier molecular flexibility index (Phi) is 5.48. The van der Waals surface area contributed by atoms with Crippen molar-refractivity contribution in [3.05, 3.63) is 34.5 Å². The van der Waals surface area contributed by atoms with Crippen LogP contribution in [0.3, 0.4) is 0 Å². The number of nitrogens with one attached hydrogen (secondary N) is 1. The normalized spacial score (nSPS) is 12.8. The van der Waals surface area contributed by atoms with Crippen LogP contribution in [-0.2, 0) is 16.0 Å². The first kappa shape index (κ1) is 16.8. The molecule has 1 atom stereocenters. The summed E-state index contributed by atoms with van der Waals surface area (Å²) >= 11 is 6.12. The lowest BCUT2D eigenvalue weighted by atomic mass is 9.90. The molecule has 4 nitrogen and oxygen atoms in total. The molecular weight excluding hydrogens is 300 g/mol. The molecule has 1 heterocycles. The highest BCUT2D eigenvalue weighted by Gasteiger charge is 2.27. The molecule has 2 aromatic rings. The van der Waals surface area contributed by atoms with Crippen molar-refractivity contribution in [2.24, 2.45) is 11.7 Å². The summed E-state index contributed by atoms with van der Waals surface area (Å²) in [4.78, 5) is 15.6. The van der Waals surface area contributed by atoms with E-state index >= 15 is 0 Å². The lowest BCUT2D eigenvalue weighted by molar-refractivity contribution is -0.143. The first-order valence-corrected chi connectivity index (χ1v) is 7.93. The van der Waals surface area contributed by atoms with E-state index in [-0.39, 0.29) is 11.9 Å². The maximum absolute atomic E-state index is 12.2. The molecule has 3 N–H and O–H groups in total. The van der Waals surface area contributed by atoms with E-state index in [0.29, 0.717) is 23.9 Å². The minimum Gasteiger partial charge on any atom is -0.469 e. The third-order valence-electron chi connectivity index (χ3n) is 3.84. The molecule has 0 aliphatic rings.